The molecule has 0 radical (unpaired) electrons. The fourth-order valence-corrected chi connectivity index (χ4v) is 1.91. The van der Waals surface area contributed by atoms with Crippen LogP contribution in [0.25, 0.3) is 0 Å². The minimum absolute atomic E-state index is 0.135. The number of ketones is 1. The van der Waals surface area contributed by atoms with Gasteiger partial charge in [-0.05, 0) is 42.5 Å². The molecule has 0 aromatic heterocycles. The van der Waals surface area contributed by atoms with Crippen LogP contribution in [0.1, 0.15) is 10.4 Å². The predicted molar refractivity (Wildman–Crippen MR) is 79.3 cm³/mol. The number of methoxy groups -OCH3 is 1. The Kier molecular flexibility index (Phi) is 4.83. The van der Waals surface area contributed by atoms with Crippen molar-refractivity contribution in [1.82, 2.24) is 0 Å². The van der Waals surface area contributed by atoms with Crippen LogP contribution in [0.3, 0.4) is 0 Å². The monoisotopic (exact) mass is 324 g/mol. The van der Waals surface area contributed by atoms with Gasteiger partial charge < -0.3 is 9.47 Å². The summed E-state index contributed by atoms with van der Waals surface area (Å²) in [6.07, 6.45) is 0. The normalized spacial score (nSPS) is 10.0. The van der Waals surface area contributed by atoms with Gasteiger partial charge in [-0.3, -0.25) is 4.79 Å². The third-order valence-electron chi connectivity index (χ3n) is 2.61. The van der Waals surface area contributed by atoms with Crippen molar-refractivity contribution in [2.24, 2.45) is 0 Å². The second-order valence-corrected chi connectivity index (χ2v) is 4.87. The smallest absolute Gasteiger partial charge is 0.379 e. The van der Waals surface area contributed by atoms with E-state index in [4.69, 9.17) is 27.9 Å². The van der Waals surface area contributed by atoms with Gasteiger partial charge in [-0.1, -0.05) is 23.2 Å². The van der Waals surface area contributed by atoms with Crippen LogP contribution >= 0.6 is 23.2 Å². The first-order valence-electron chi connectivity index (χ1n) is 5.87. The number of ether oxygens (including phenoxy) is 2. The summed E-state index contributed by atoms with van der Waals surface area (Å²) >= 11 is 11.8. The van der Waals surface area contributed by atoms with Crippen molar-refractivity contribution in [2.45, 2.75) is 0 Å². The van der Waals surface area contributed by atoms with Crippen LogP contribution in [-0.2, 0) is 9.53 Å². The molecule has 0 unspecified atom stereocenters. The number of benzene rings is 2. The minimum Gasteiger partial charge on any atom is -0.463 e. The number of rotatable bonds is 4. The Balaban J connectivity index is 2.21. The van der Waals surface area contributed by atoms with Gasteiger partial charge in [-0.15, -0.1) is 0 Å². The fourth-order valence-electron chi connectivity index (χ4n) is 1.57. The quantitative estimate of drug-likeness (QED) is 0.482. The summed E-state index contributed by atoms with van der Waals surface area (Å²) in [6.45, 7) is 0. The third kappa shape index (κ3) is 3.74. The van der Waals surface area contributed by atoms with Gasteiger partial charge in [0, 0.05) is 10.6 Å². The molecule has 0 saturated carbocycles. The molecule has 0 bridgehead atoms. The van der Waals surface area contributed by atoms with E-state index in [0.717, 1.165) is 7.11 Å². The second-order valence-electron chi connectivity index (χ2n) is 4.02. The van der Waals surface area contributed by atoms with E-state index in [9.17, 15) is 9.59 Å². The van der Waals surface area contributed by atoms with E-state index in [0.29, 0.717) is 16.5 Å². The molecule has 6 heteroatoms. The van der Waals surface area contributed by atoms with Gasteiger partial charge >= 0.3 is 5.97 Å². The molecule has 2 rings (SSSR count). The first kappa shape index (κ1) is 15.4. The molecule has 0 saturated heterocycles. The molecule has 0 amide bonds. The molecule has 0 heterocycles. The maximum absolute atomic E-state index is 11.6. The van der Waals surface area contributed by atoms with Gasteiger partial charge in [-0.25, -0.2) is 4.79 Å². The number of Topliss-reactive ketones (excluding diaryl/α,β-unsaturated/α-hetero) is 1. The summed E-state index contributed by atoms with van der Waals surface area (Å²) in [7, 11) is 1.14. The fraction of sp³-hybridized carbons (Fsp3) is 0.0667. The number of esters is 1. The van der Waals surface area contributed by atoms with Gasteiger partial charge in [0.15, 0.2) is 0 Å². The lowest BCUT2D eigenvalue weighted by Gasteiger charge is -2.08. The highest BCUT2D eigenvalue weighted by Crippen LogP contribution is 2.30. The van der Waals surface area contributed by atoms with E-state index in [1.807, 2.05) is 0 Å². The van der Waals surface area contributed by atoms with Gasteiger partial charge in [0.2, 0.25) is 0 Å². The Morgan fingerprint density at radius 3 is 2.24 bits per heavy atom. The zero-order chi connectivity index (χ0) is 15.4. The van der Waals surface area contributed by atoms with E-state index in [1.54, 1.807) is 24.3 Å². The minimum atomic E-state index is -0.947. The van der Waals surface area contributed by atoms with Crippen molar-refractivity contribution in [3.63, 3.8) is 0 Å². The zero-order valence-electron chi connectivity index (χ0n) is 10.9. The van der Waals surface area contributed by atoms with Crippen molar-refractivity contribution >= 4 is 35.0 Å². The Morgan fingerprint density at radius 1 is 1.00 bits per heavy atom. The van der Waals surface area contributed by atoms with Crippen LogP contribution in [0.4, 0.5) is 0 Å². The molecule has 0 fully saturated rings. The lowest BCUT2D eigenvalue weighted by molar-refractivity contribution is -0.135. The average molecular weight is 325 g/mol. The van der Waals surface area contributed by atoms with Crippen molar-refractivity contribution in [2.75, 3.05) is 7.11 Å². The summed E-state index contributed by atoms with van der Waals surface area (Å²) in [5.74, 6) is -0.802. The molecule has 2 aromatic carbocycles. The van der Waals surface area contributed by atoms with Crippen molar-refractivity contribution < 1.29 is 19.1 Å². The summed E-state index contributed by atoms with van der Waals surface area (Å²) in [5.41, 5.74) is 0.135. The Labute approximate surface area is 131 Å². The van der Waals surface area contributed by atoms with Crippen LogP contribution in [-0.4, -0.2) is 18.9 Å². The molecule has 21 heavy (non-hydrogen) atoms. The molecular weight excluding hydrogens is 315 g/mol. The Hall–Kier alpha value is -2.04. The summed E-state index contributed by atoms with van der Waals surface area (Å²) < 4.78 is 9.94. The predicted octanol–water partition coefficient (Wildman–Crippen LogP) is 4.14. The van der Waals surface area contributed by atoms with Gasteiger partial charge in [0.05, 0.1) is 12.1 Å². The largest absolute Gasteiger partial charge is 0.463 e. The lowest BCUT2D eigenvalue weighted by atomic mass is 10.1. The van der Waals surface area contributed by atoms with Crippen LogP contribution in [0, 0.1) is 0 Å². The highest BCUT2D eigenvalue weighted by atomic mass is 35.5. The highest BCUT2D eigenvalue weighted by Gasteiger charge is 2.18. The van der Waals surface area contributed by atoms with Crippen molar-refractivity contribution in [3.05, 3.63) is 58.1 Å². The summed E-state index contributed by atoms with van der Waals surface area (Å²) in [4.78, 5) is 22.8. The molecule has 0 aliphatic rings. The van der Waals surface area contributed by atoms with Gasteiger partial charge in [0.25, 0.3) is 5.78 Å². The highest BCUT2D eigenvalue weighted by molar-refractivity contribution is 6.41. The van der Waals surface area contributed by atoms with Crippen LogP contribution in [0.15, 0.2) is 42.5 Å². The zero-order valence-corrected chi connectivity index (χ0v) is 12.4. The molecule has 4 nitrogen and oxygen atoms in total. The maximum Gasteiger partial charge on any atom is 0.379 e. The number of halogens is 2. The molecule has 0 spiro atoms. The van der Waals surface area contributed by atoms with Crippen LogP contribution in [0.5, 0.6) is 11.5 Å². The summed E-state index contributed by atoms with van der Waals surface area (Å²) in [6, 6.07) is 11.0. The van der Waals surface area contributed by atoms with Gasteiger partial charge in [-0.2, -0.15) is 0 Å². The van der Waals surface area contributed by atoms with Gasteiger partial charge in [0.1, 0.15) is 11.5 Å². The van der Waals surface area contributed by atoms with E-state index in [2.05, 4.69) is 4.74 Å². The molecule has 0 aliphatic carbocycles. The van der Waals surface area contributed by atoms with Crippen LogP contribution < -0.4 is 4.74 Å². The molecule has 0 N–H and O–H groups in total. The first-order chi connectivity index (χ1) is 10.0. The van der Waals surface area contributed by atoms with Crippen molar-refractivity contribution in [1.29, 1.82) is 0 Å². The standard InChI is InChI=1S/C15H10Cl2O4/c1-20-15(19)14(18)9-2-7-13(12(17)8-9)21-11-5-3-10(16)4-6-11/h2-8H,1H3. The van der Waals surface area contributed by atoms with Crippen LogP contribution in [0.2, 0.25) is 10.0 Å². The number of hydrogen-bond acceptors (Lipinski definition) is 4. The first-order valence-corrected chi connectivity index (χ1v) is 6.62. The molecule has 2 aromatic rings. The Morgan fingerprint density at radius 2 is 1.67 bits per heavy atom. The third-order valence-corrected chi connectivity index (χ3v) is 3.15. The number of hydrogen-bond donors (Lipinski definition) is 0. The second kappa shape index (κ2) is 6.61. The average Bonchev–Trinajstić information content (AvgIpc) is 2.50. The van der Waals surface area contributed by atoms with E-state index in [-0.39, 0.29) is 10.6 Å². The SMILES string of the molecule is COC(=O)C(=O)c1ccc(Oc2ccc(Cl)cc2)c(Cl)c1. The lowest BCUT2D eigenvalue weighted by Crippen LogP contribution is -2.15. The molecule has 0 aliphatic heterocycles. The van der Waals surface area contributed by atoms with E-state index in [1.165, 1.54) is 18.2 Å². The number of carbonyl (C=O) groups excluding carboxylic acids is 2. The molecule has 0 atom stereocenters. The maximum atomic E-state index is 11.6. The topological polar surface area (TPSA) is 52.6 Å². The van der Waals surface area contributed by atoms with Crippen molar-refractivity contribution in [3.8, 4) is 11.5 Å². The van der Waals surface area contributed by atoms with E-state index >= 15 is 0 Å². The van der Waals surface area contributed by atoms with E-state index < -0.39 is 11.8 Å². The number of carbonyl (C=O) groups is 2. The molecular formula is C15H10Cl2O4. The summed E-state index contributed by atoms with van der Waals surface area (Å²) in [5, 5.41) is 0.798. The molecule has 108 valence electrons. The Bertz CT molecular complexity index is 681.